The maximum absolute atomic E-state index is 5.00. The van der Waals surface area contributed by atoms with Crippen molar-refractivity contribution < 1.29 is 4.74 Å². The molecule has 1 aliphatic heterocycles. The van der Waals surface area contributed by atoms with Gasteiger partial charge in [0.05, 0.1) is 0 Å². The second-order valence-electron chi connectivity index (χ2n) is 4.59. The fourth-order valence-electron chi connectivity index (χ4n) is 1.97. The number of hydrogen-bond acceptors (Lipinski definition) is 4. The second kappa shape index (κ2) is 8.93. The maximum Gasteiger partial charge on any atom is 0.0474 e. The van der Waals surface area contributed by atoms with Gasteiger partial charge in [0.25, 0.3) is 0 Å². The molecule has 1 heterocycles. The third kappa shape index (κ3) is 6.43. The Bertz CT molecular complexity index is 158. The van der Waals surface area contributed by atoms with E-state index in [4.69, 9.17) is 4.74 Å². The molecule has 0 aliphatic carbocycles. The molecule has 1 aliphatic rings. The molecule has 0 bridgehead atoms. The Balaban J connectivity index is 1.84. The van der Waals surface area contributed by atoms with E-state index in [1.165, 1.54) is 39.1 Å². The lowest BCUT2D eigenvalue weighted by Crippen LogP contribution is -2.45. The van der Waals surface area contributed by atoms with E-state index in [0.717, 1.165) is 26.1 Å². The van der Waals surface area contributed by atoms with Crippen LogP contribution in [0.25, 0.3) is 0 Å². The van der Waals surface area contributed by atoms with Crippen LogP contribution in [0.4, 0.5) is 0 Å². The van der Waals surface area contributed by atoms with Gasteiger partial charge in [-0.1, -0.05) is 0 Å². The SMILES string of the molecule is COCCCNCCCN1CCN(C)CC1. The van der Waals surface area contributed by atoms with Crippen LogP contribution >= 0.6 is 0 Å². The van der Waals surface area contributed by atoms with Crippen LogP contribution in [-0.4, -0.2) is 76.4 Å². The fourth-order valence-corrected chi connectivity index (χ4v) is 1.97. The molecule has 1 saturated heterocycles. The van der Waals surface area contributed by atoms with Crippen LogP contribution in [-0.2, 0) is 4.74 Å². The molecule has 0 aromatic heterocycles. The van der Waals surface area contributed by atoms with E-state index in [1.54, 1.807) is 7.11 Å². The van der Waals surface area contributed by atoms with Crippen molar-refractivity contribution in [3.05, 3.63) is 0 Å². The Hall–Kier alpha value is -0.160. The van der Waals surface area contributed by atoms with Crippen LogP contribution in [0.1, 0.15) is 12.8 Å². The van der Waals surface area contributed by atoms with Crippen molar-refractivity contribution in [1.29, 1.82) is 0 Å². The number of ether oxygens (including phenoxy) is 1. The number of nitrogens with zero attached hydrogens (tertiary/aromatic N) is 2. The lowest BCUT2D eigenvalue weighted by molar-refractivity contribution is 0.152. The van der Waals surface area contributed by atoms with Crippen molar-refractivity contribution in [3.63, 3.8) is 0 Å². The molecule has 96 valence electrons. The van der Waals surface area contributed by atoms with Crippen molar-refractivity contribution in [2.24, 2.45) is 0 Å². The summed E-state index contributed by atoms with van der Waals surface area (Å²) in [5.41, 5.74) is 0. The smallest absolute Gasteiger partial charge is 0.0474 e. The van der Waals surface area contributed by atoms with E-state index in [1.807, 2.05) is 0 Å². The second-order valence-corrected chi connectivity index (χ2v) is 4.59. The molecule has 1 fully saturated rings. The molecule has 0 unspecified atom stereocenters. The summed E-state index contributed by atoms with van der Waals surface area (Å²) < 4.78 is 5.00. The Morgan fingerprint density at radius 3 is 2.44 bits per heavy atom. The molecule has 0 aromatic carbocycles. The molecule has 1 N–H and O–H groups in total. The third-order valence-electron chi connectivity index (χ3n) is 3.13. The van der Waals surface area contributed by atoms with Crippen LogP contribution in [0.5, 0.6) is 0 Å². The van der Waals surface area contributed by atoms with Gasteiger partial charge in [-0.3, -0.25) is 0 Å². The van der Waals surface area contributed by atoms with Crippen molar-refractivity contribution in [3.8, 4) is 0 Å². The number of hydrogen-bond donors (Lipinski definition) is 1. The predicted molar refractivity (Wildman–Crippen MR) is 67.9 cm³/mol. The van der Waals surface area contributed by atoms with Gasteiger partial charge in [0.1, 0.15) is 0 Å². The lowest BCUT2D eigenvalue weighted by Gasteiger charge is -2.32. The molecule has 16 heavy (non-hydrogen) atoms. The first-order valence-corrected chi connectivity index (χ1v) is 6.43. The number of nitrogens with one attached hydrogen (secondary N) is 1. The number of likely N-dealkylation sites (N-methyl/N-ethyl adjacent to an activating group) is 1. The summed E-state index contributed by atoms with van der Waals surface area (Å²) in [5, 5.41) is 3.45. The maximum atomic E-state index is 5.00. The summed E-state index contributed by atoms with van der Waals surface area (Å²) in [6, 6.07) is 0. The first kappa shape index (κ1) is 13.9. The van der Waals surface area contributed by atoms with Crippen molar-refractivity contribution >= 4 is 0 Å². The highest BCUT2D eigenvalue weighted by Crippen LogP contribution is 1.99. The molecule has 4 nitrogen and oxygen atoms in total. The van der Waals surface area contributed by atoms with Crippen LogP contribution in [0.2, 0.25) is 0 Å². The number of methoxy groups -OCH3 is 1. The molecule has 0 aromatic rings. The standard InChI is InChI=1S/C12H27N3O/c1-14-8-10-15(11-9-14)7-3-5-13-6-4-12-16-2/h13H,3-12H2,1-2H3. The van der Waals surface area contributed by atoms with Crippen LogP contribution < -0.4 is 5.32 Å². The van der Waals surface area contributed by atoms with Crippen molar-refractivity contribution in [2.75, 3.05) is 66.6 Å². The molecule has 4 heteroatoms. The summed E-state index contributed by atoms with van der Waals surface area (Å²) in [6.45, 7) is 9.24. The van der Waals surface area contributed by atoms with Crippen molar-refractivity contribution in [1.82, 2.24) is 15.1 Å². The molecular weight excluding hydrogens is 202 g/mol. The van der Waals surface area contributed by atoms with Gasteiger partial charge in [0.2, 0.25) is 0 Å². The van der Waals surface area contributed by atoms with Gasteiger partial charge in [-0.05, 0) is 39.5 Å². The van der Waals surface area contributed by atoms with E-state index in [0.29, 0.717) is 0 Å². The minimum absolute atomic E-state index is 0.867. The Labute approximate surface area is 99.9 Å². The summed E-state index contributed by atoms with van der Waals surface area (Å²) in [5.74, 6) is 0. The first-order chi connectivity index (χ1) is 7.83. The first-order valence-electron chi connectivity index (χ1n) is 6.43. The molecule has 0 spiro atoms. The van der Waals surface area contributed by atoms with E-state index < -0.39 is 0 Å². The van der Waals surface area contributed by atoms with Gasteiger partial charge >= 0.3 is 0 Å². The minimum atomic E-state index is 0.867. The summed E-state index contributed by atoms with van der Waals surface area (Å²) in [6.07, 6.45) is 2.38. The number of rotatable bonds is 8. The average molecular weight is 229 g/mol. The molecular formula is C12H27N3O. The Kier molecular flexibility index (Phi) is 7.76. The quantitative estimate of drug-likeness (QED) is 0.604. The molecule has 0 saturated carbocycles. The summed E-state index contributed by atoms with van der Waals surface area (Å²) in [4.78, 5) is 4.97. The van der Waals surface area contributed by atoms with Crippen LogP contribution in [0, 0.1) is 0 Å². The van der Waals surface area contributed by atoms with Gasteiger partial charge in [-0.25, -0.2) is 0 Å². The highest BCUT2D eigenvalue weighted by Gasteiger charge is 2.12. The zero-order valence-electron chi connectivity index (χ0n) is 10.9. The highest BCUT2D eigenvalue weighted by atomic mass is 16.5. The topological polar surface area (TPSA) is 27.7 Å². The van der Waals surface area contributed by atoms with E-state index >= 15 is 0 Å². The monoisotopic (exact) mass is 229 g/mol. The average Bonchev–Trinajstić information content (AvgIpc) is 2.30. The van der Waals surface area contributed by atoms with Crippen molar-refractivity contribution in [2.45, 2.75) is 12.8 Å². The third-order valence-corrected chi connectivity index (χ3v) is 3.13. The summed E-state index contributed by atoms with van der Waals surface area (Å²) >= 11 is 0. The molecule has 0 amide bonds. The highest BCUT2D eigenvalue weighted by molar-refractivity contribution is 4.69. The number of piperazine rings is 1. The van der Waals surface area contributed by atoms with Crippen LogP contribution in [0.3, 0.4) is 0 Å². The normalized spacial score (nSPS) is 19.1. The van der Waals surface area contributed by atoms with Gasteiger partial charge in [-0.2, -0.15) is 0 Å². The zero-order chi connectivity index (χ0) is 11.6. The van der Waals surface area contributed by atoms with Gasteiger partial charge in [-0.15, -0.1) is 0 Å². The zero-order valence-corrected chi connectivity index (χ0v) is 10.9. The molecule has 0 radical (unpaired) electrons. The molecule has 0 atom stereocenters. The lowest BCUT2D eigenvalue weighted by atomic mass is 10.3. The largest absolute Gasteiger partial charge is 0.385 e. The predicted octanol–water partition coefficient (Wildman–Crippen LogP) is 0.250. The molecule has 1 rings (SSSR count). The van der Waals surface area contributed by atoms with Gasteiger partial charge in [0, 0.05) is 39.9 Å². The summed E-state index contributed by atoms with van der Waals surface area (Å²) in [7, 11) is 3.96. The van der Waals surface area contributed by atoms with E-state index in [9.17, 15) is 0 Å². The van der Waals surface area contributed by atoms with E-state index in [-0.39, 0.29) is 0 Å². The van der Waals surface area contributed by atoms with Gasteiger partial charge < -0.3 is 19.9 Å². The van der Waals surface area contributed by atoms with Gasteiger partial charge in [0.15, 0.2) is 0 Å². The minimum Gasteiger partial charge on any atom is -0.385 e. The fraction of sp³-hybridized carbons (Fsp3) is 1.00. The van der Waals surface area contributed by atoms with Crippen LogP contribution in [0.15, 0.2) is 0 Å². The van der Waals surface area contributed by atoms with E-state index in [2.05, 4.69) is 22.2 Å². The Morgan fingerprint density at radius 2 is 1.75 bits per heavy atom. The Morgan fingerprint density at radius 1 is 1.06 bits per heavy atom.